The topological polar surface area (TPSA) is 87.1 Å². The van der Waals surface area contributed by atoms with E-state index in [1.807, 2.05) is 37.3 Å². The molecule has 0 aliphatic carbocycles. The molecule has 9 nitrogen and oxygen atoms in total. The van der Waals surface area contributed by atoms with Crippen LogP contribution in [0.2, 0.25) is 0 Å². The van der Waals surface area contributed by atoms with Crippen LogP contribution in [-0.4, -0.2) is 86.9 Å². The predicted octanol–water partition coefficient (Wildman–Crippen LogP) is 1.63. The number of hydrogen-bond donors (Lipinski definition) is 2. The van der Waals surface area contributed by atoms with Crippen molar-refractivity contribution in [1.82, 2.24) is 25.5 Å². The molecule has 32 heavy (non-hydrogen) atoms. The summed E-state index contributed by atoms with van der Waals surface area (Å²) in [5.74, 6) is 3.20. The molecule has 2 N–H and O–H groups in total. The van der Waals surface area contributed by atoms with Gasteiger partial charge in [-0.3, -0.25) is 9.89 Å². The molecule has 1 unspecified atom stereocenters. The SMILES string of the molecule is CN=C(NCCCN1CCN(c2ncccn2)CC1)NCC(C)Oc1cccc(OC)c1. The summed E-state index contributed by atoms with van der Waals surface area (Å²) in [4.78, 5) is 17.7. The van der Waals surface area contributed by atoms with Gasteiger partial charge in [-0.25, -0.2) is 9.97 Å². The lowest BCUT2D eigenvalue weighted by atomic mass is 10.3. The fourth-order valence-corrected chi connectivity index (χ4v) is 3.54. The molecule has 1 fully saturated rings. The van der Waals surface area contributed by atoms with Crippen LogP contribution in [0.15, 0.2) is 47.7 Å². The van der Waals surface area contributed by atoms with E-state index < -0.39 is 0 Å². The van der Waals surface area contributed by atoms with E-state index in [4.69, 9.17) is 9.47 Å². The molecular weight excluding hydrogens is 406 g/mol. The first-order chi connectivity index (χ1) is 15.7. The maximum atomic E-state index is 5.95. The number of nitrogens with one attached hydrogen (secondary N) is 2. The van der Waals surface area contributed by atoms with Crippen molar-refractivity contribution in [2.45, 2.75) is 19.4 Å². The quantitative estimate of drug-likeness (QED) is 0.327. The Kier molecular flexibility index (Phi) is 9.37. The maximum absolute atomic E-state index is 5.95. The zero-order valence-electron chi connectivity index (χ0n) is 19.3. The molecule has 1 aromatic heterocycles. The van der Waals surface area contributed by atoms with Gasteiger partial charge in [0.2, 0.25) is 5.95 Å². The van der Waals surface area contributed by atoms with E-state index in [1.165, 1.54) is 0 Å². The number of piperazine rings is 1. The maximum Gasteiger partial charge on any atom is 0.225 e. The zero-order chi connectivity index (χ0) is 22.6. The van der Waals surface area contributed by atoms with E-state index in [-0.39, 0.29) is 6.10 Å². The first-order valence-electron chi connectivity index (χ1n) is 11.2. The van der Waals surface area contributed by atoms with Crippen molar-refractivity contribution in [3.8, 4) is 11.5 Å². The second-order valence-corrected chi connectivity index (χ2v) is 7.72. The Balaban J connectivity index is 1.29. The number of hydrogen-bond acceptors (Lipinski definition) is 7. The highest BCUT2D eigenvalue weighted by Crippen LogP contribution is 2.19. The van der Waals surface area contributed by atoms with E-state index in [0.29, 0.717) is 6.54 Å². The number of aromatic nitrogens is 2. The molecule has 174 valence electrons. The van der Waals surface area contributed by atoms with Gasteiger partial charge < -0.3 is 25.0 Å². The van der Waals surface area contributed by atoms with Crippen LogP contribution in [0.1, 0.15) is 13.3 Å². The van der Waals surface area contributed by atoms with Gasteiger partial charge in [0, 0.05) is 58.2 Å². The minimum atomic E-state index is -0.00875. The molecule has 2 aromatic rings. The van der Waals surface area contributed by atoms with Crippen LogP contribution in [0.5, 0.6) is 11.5 Å². The standard InChI is InChI=1S/C23H35N7O2/c1-19(32-21-8-4-7-20(17-21)31-3)18-28-22(24-2)25-11-6-12-29-13-15-30(16-14-29)23-26-9-5-10-27-23/h4-5,7-10,17,19H,6,11-16,18H2,1-3H3,(H2,24,25,28). The van der Waals surface area contributed by atoms with Gasteiger partial charge >= 0.3 is 0 Å². The fraction of sp³-hybridized carbons (Fsp3) is 0.522. The second-order valence-electron chi connectivity index (χ2n) is 7.72. The molecule has 0 amide bonds. The summed E-state index contributed by atoms with van der Waals surface area (Å²) in [6.07, 6.45) is 4.64. The number of ether oxygens (including phenoxy) is 2. The Hall–Kier alpha value is -3.07. The van der Waals surface area contributed by atoms with Crippen LogP contribution in [-0.2, 0) is 0 Å². The summed E-state index contributed by atoms with van der Waals surface area (Å²) in [7, 11) is 3.44. The molecule has 2 heterocycles. The van der Waals surface area contributed by atoms with Gasteiger partial charge in [0.15, 0.2) is 5.96 Å². The van der Waals surface area contributed by atoms with Crippen LogP contribution < -0.4 is 25.0 Å². The number of aliphatic imine (C=N–C) groups is 1. The van der Waals surface area contributed by atoms with Crippen molar-refractivity contribution in [3.05, 3.63) is 42.7 Å². The Morgan fingerprint density at radius 2 is 1.84 bits per heavy atom. The molecule has 9 heteroatoms. The van der Waals surface area contributed by atoms with Gasteiger partial charge in [-0.15, -0.1) is 0 Å². The number of anilines is 1. The third-order valence-corrected chi connectivity index (χ3v) is 5.31. The van der Waals surface area contributed by atoms with E-state index in [2.05, 4.69) is 35.4 Å². The van der Waals surface area contributed by atoms with Crippen LogP contribution in [0, 0.1) is 0 Å². The molecule has 0 spiro atoms. The number of methoxy groups -OCH3 is 1. The van der Waals surface area contributed by atoms with Crippen LogP contribution in [0.4, 0.5) is 5.95 Å². The summed E-state index contributed by atoms with van der Waals surface area (Å²) in [6, 6.07) is 9.49. The van der Waals surface area contributed by atoms with Crippen LogP contribution in [0.25, 0.3) is 0 Å². The summed E-state index contributed by atoms with van der Waals surface area (Å²) >= 11 is 0. The largest absolute Gasteiger partial charge is 0.497 e. The first kappa shape index (κ1) is 23.6. The Morgan fingerprint density at radius 3 is 2.56 bits per heavy atom. The van der Waals surface area contributed by atoms with Crippen LogP contribution >= 0.6 is 0 Å². The number of nitrogens with zero attached hydrogens (tertiary/aromatic N) is 5. The molecule has 0 saturated carbocycles. The van der Waals surface area contributed by atoms with Gasteiger partial charge in [-0.1, -0.05) is 6.07 Å². The molecule has 1 aromatic carbocycles. The molecule has 0 bridgehead atoms. The Labute approximate surface area is 190 Å². The number of benzene rings is 1. The molecule has 3 rings (SSSR count). The van der Waals surface area contributed by atoms with Crippen molar-refractivity contribution in [2.24, 2.45) is 4.99 Å². The smallest absolute Gasteiger partial charge is 0.225 e. The lowest BCUT2D eigenvalue weighted by Crippen LogP contribution is -2.48. The molecule has 1 aliphatic heterocycles. The fourth-order valence-electron chi connectivity index (χ4n) is 3.54. The normalized spacial score (nSPS) is 15.8. The predicted molar refractivity (Wildman–Crippen MR) is 128 cm³/mol. The molecule has 0 radical (unpaired) electrons. The van der Waals surface area contributed by atoms with Gasteiger partial charge in [0.1, 0.15) is 17.6 Å². The van der Waals surface area contributed by atoms with Gasteiger partial charge in [-0.05, 0) is 38.1 Å². The van der Waals surface area contributed by atoms with Crippen molar-refractivity contribution < 1.29 is 9.47 Å². The summed E-state index contributed by atoms with van der Waals surface area (Å²) in [6.45, 7) is 8.60. The van der Waals surface area contributed by atoms with Crippen molar-refractivity contribution in [3.63, 3.8) is 0 Å². The van der Waals surface area contributed by atoms with Crippen LogP contribution in [0.3, 0.4) is 0 Å². The average molecular weight is 442 g/mol. The minimum Gasteiger partial charge on any atom is -0.497 e. The lowest BCUT2D eigenvalue weighted by Gasteiger charge is -2.34. The van der Waals surface area contributed by atoms with Crippen molar-refractivity contribution >= 4 is 11.9 Å². The summed E-state index contributed by atoms with van der Waals surface area (Å²) in [5.41, 5.74) is 0. The number of guanidine groups is 1. The molecule has 1 atom stereocenters. The van der Waals surface area contributed by atoms with Crippen molar-refractivity contribution in [1.29, 1.82) is 0 Å². The highest BCUT2D eigenvalue weighted by atomic mass is 16.5. The van der Waals surface area contributed by atoms with E-state index >= 15 is 0 Å². The minimum absolute atomic E-state index is 0.00875. The van der Waals surface area contributed by atoms with Gasteiger partial charge in [0.25, 0.3) is 0 Å². The highest BCUT2D eigenvalue weighted by Gasteiger charge is 2.18. The Morgan fingerprint density at radius 1 is 1.09 bits per heavy atom. The third kappa shape index (κ3) is 7.56. The summed E-state index contributed by atoms with van der Waals surface area (Å²) in [5, 5.41) is 6.72. The average Bonchev–Trinajstić information content (AvgIpc) is 2.84. The highest BCUT2D eigenvalue weighted by molar-refractivity contribution is 5.79. The molecule has 1 saturated heterocycles. The molecule has 1 aliphatic rings. The van der Waals surface area contributed by atoms with E-state index in [1.54, 1.807) is 26.6 Å². The number of rotatable bonds is 10. The monoisotopic (exact) mass is 441 g/mol. The lowest BCUT2D eigenvalue weighted by molar-refractivity contribution is 0.223. The zero-order valence-corrected chi connectivity index (χ0v) is 19.3. The third-order valence-electron chi connectivity index (χ3n) is 5.31. The molecular formula is C23H35N7O2. The van der Waals surface area contributed by atoms with E-state index in [9.17, 15) is 0 Å². The first-order valence-corrected chi connectivity index (χ1v) is 11.2. The Bertz CT molecular complexity index is 826. The van der Waals surface area contributed by atoms with E-state index in [0.717, 1.165) is 69.1 Å². The van der Waals surface area contributed by atoms with Gasteiger partial charge in [-0.2, -0.15) is 0 Å². The summed E-state index contributed by atoms with van der Waals surface area (Å²) < 4.78 is 11.2. The van der Waals surface area contributed by atoms with Crippen molar-refractivity contribution in [2.75, 3.05) is 64.9 Å². The second kappa shape index (κ2) is 12.7. The van der Waals surface area contributed by atoms with Gasteiger partial charge in [0.05, 0.1) is 13.7 Å².